The van der Waals surface area contributed by atoms with Crippen molar-refractivity contribution in [1.29, 1.82) is 0 Å². The number of carboxylic acids is 1. The Morgan fingerprint density at radius 1 is 1.38 bits per heavy atom. The van der Waals surface area contributed by atoms with Gasteiger partial charge in [0.15, 0.2) is 5.69 Å². The van der Waals surface area contributed by atoms with Gasteiger partial charge in [0.25, 0.3) is 0 Å². The number of rotatable bonds is 4. The average Bonchev–Trinajstić information content (AvgIpc) is 2.42. The summed E-state index contributed by atoms with van der Waals surface area (Å²) in [6.07, 6.45) is 0. The van der Waals surface area contributed by atoms with Crippen molar-refractivity contribution in [3.8, 4) is 0 Å². The Kier molecular flexibility index (Phi) is 3.79. The second kappa shape index (κ2) is 5.53. The smallest absolute Gasteiger partial charge is 0.354 e. The molecule has 2 aromatic rings. The van der Waals surface area contributed by atoms with E-state index in [2.05, 4.69) is 10.3 Å². The summed E-state index contributed by atoms with van der Waals surface area (Å²) < 4.78 is 13.5. The Labute approximate surface area is 118 Å². The van der Waals surface area contributed by atoms with Gasteiger partial charge in [-0.3, -0.25) is 10.1 Å². The van der Waals surface area contributed by atoms with Crippen LogP contribution in [-0.4, -0.2) is 21.0 Å². The molecule has 0 bridgehead atoms. The normalized spacial score (nSPS) is 10.2. The minimum Gasteiger partial charge on any atom is -0.477 e. The standard InChI is InChI=1S/C13H10FN3O4/c1-7-2-3-8(6-9(7)14)15-12-11(17(20)21)5-4-10(16-12)13(18)19/h2-6H,1H3,(H,15,16)(H,18,19). The number of pyridine rings is 1. The Morgan fingerprint density at radius 3 is 2.67 bits per heavy atom. The van der Waals surface area contributed by atoms with E-state index in [1.807, 2.05) is 0 Å². The minimum absolute atomic E-state index is 0.233. The molecule has 8 heteroatoms. The molecule has 0 saturated carbocycles. The molecule has 0 aliphatic rings. The van der Waals surface area contributed by atoms with Crippen molar-refractivity contribution in [3.05, 3.63) is 57.5 Å². The van der Waals surface area contributed by atoms with Crippen LogP contribution in [0, 0.1) is 22.9 Å². The summed E-state index contributed by atoms with van der Waals surface area (Å²) in [7, 11) is 0. The van der Waals surface area contributed by atoms with Gasteiger partial charge in [0.1, 0.15) is 5.82 Å². The quantitative estimate of drug-likeness (QED) is 0.662. The zero-order chi connectivity index (χ0) is 15.6. The first kappa shape index (κ1) is 14.4. The molecular weight excluding hydrogens is 281 g/mol. The van der Waals surface area contributed by atoms with E-state index < -0.39 is 22.4 Å². The van der Waals surface area contributed by atoms with Crippen molar-refractivity contribution in [3.63, 3.8) is 0 Å². The number of carboxylic acid groups (broad SMARTS) is 1. The fourth-order valence-corrected chi connectivity index (χ4v) is 1.62. The van der Waals surface area contributed by atoms with Crippen LogP contribution < -0.4 is 5.32 Å². The first-order valence-corrected chi connectivity index (χ1v) is 5.80. The summed E-state index contributed by atoms with van der Waals surface area (Å²) in [4.78, 5) is 24.7. The van der Waals surface area contributed by atoms with Gasteiger partial charge in [-0.15, -0.1) is 0 Å². The van der Waals surface area contributed by atoms with Gasteiger partial charge < -0.3 is 10.4 Å². The van der Waals surface area contributed by atoms with E-state index in [1.54, 1.807) is 6.92 Å². The fourth-order valence-electron chi connectivity index (χ4n) is 1.62. The molecule has 0 atom stereocenters. The number of carbonyl (C=O) groups is 1. The third kappa shape index (κ3) is 3.11. The third-order valence-corrected chi connectivity index (χ3v) is 2.72. The van der Waals surface area contributed by atoms with Gasteiger partial charge in [-0.05, 0) is 30.7 Å². The number of benzene rings is 1. The largest absolute Gasteiger partial charge is 0.477 e. The molecule has 0 fully saturated rings. The predicted octanol–water partition coefficient (Wildman–Crippen LogP) is 2.88. The Morgan fingerprint density at radius 2 is 2.10 bits per heavy atom. The van der Waals surface area contributed by atoms with E-state index in [0.29, 0.717) is 5.56 Å². The van der Waals surface area contributed by atoms with Gasteiger partial charge in [0.05, 0.1) is 4.92 Å². The summed E-state index contributed by atoms with van der Waals surface area (Å²) in [5, 5.41) is 22.3. The lowest BCUT2D eigenvalue weighted by Crippen LogP contribution is -2.06. The first-order chi connectivity index (χ1) is 9.88. The maximum Gasteiger partial charge on any atom is 0.354 e. The maximum absolute atomic E-state index is 13.5. The second-order valence-electron chi connectivity index (χ2n) is 4.22. The molecule has 0 saturated heterocycles. The van der Waals surface area contributed by atoms with Crippen LogP contribution in [0.2, 0.25) is 0 Å². The highest BCUT2D eigenvalue weighted by atomic mass is 19.1. The van der Waals surface area contributed by atoms with Gasteiger partial charge in [-0.1, -0.05) is 6.07 Å². The van der Waals surface area contributed by atoms with Gasteiger partial charge in [0.2, 0.25) is 5.82 Å². The topological polar surface area (TPSA) is 105 Å². The lowest BCUT2D eigenvalue weighted by atomic mass is 10.2. The van der Waals surface area contributed by atoms with Crippen molar-refractivity contribution in [2.24, 2.45) is 0 Å². The van der Waals surface area contributed by atoms with Crippen LogP contribution in [0.3, 0.4) is 0 Å². The van der Waals surface area contributed by atoms with Crippen molar-refractivity contribution in [1.82, 2.24) is 4.98 Å². The number of aromatic nitrogens is 1. The van der Waals surface area contributed by atoms with Gasteiger partial charge in [0, 0.05) is 11.8 Å². The summed E-state index contributed by atoms with van der Waals surface area (Å²) >= 11 is 0. The predicted molar refractivity (Wildman–Crippen MR) is 72.3 cm³/mol. The highest BCUT2D eigenvalue weighted by molar-refractivity contribution is 5.86. The molecule has 0 unspecified atom stereocenters. The molecule has 0 aliphatic heterocycles. The number of halogens is 1. The summed E-state index contributed by atoms with van der Waals surface area (Å²) in [5.74, 6) is -2.07. The van der Waals surface area contributed by atoms with E-state index >= 15 is 0 Å². The number of aromatic carboxylic acids is 1. The Hall–Kier alpha value is -3.03. The lowest BCUT2D eigenvalue weighted by Gasteiger charge is -2.08. The molecule has 108 valence electrons. The van der Waals surface area contributed by atoms with Crippen LogP contribution in [0.4, 0.5) is 21.6 Å². The molecule has 1 heterocycles. The molecule has 0 spiro atoms. The van der Waals surface area contributed by atoms with E-state index in [4.69, 9.17) is 5.11 Å². The zero-order valence-electron chi connectivity index (χ0n) is 10.8. The monoisotopic (exact) mass is 291 g/mol. The molecule has 7 nitrogen and oxygen atoms in total. The van der Waals surface area contributed by atoms with Crippen LogP contribution in [0.25, 0.3) is 0 Å². The zero-order valence-corrected chi connectivity index (χ0v) is 10.8. The summed E-state index contributed by atoms with van der Waals surface area (Å²) in [5.41, 5.74) is -0.102. The number of aryl methyl sites for hydroxylation is 1. The van der Waals surface area contributed by atoms with Crippen LogP contribution in [0.5, 0.6) is 0 Å². The molecule has 21 heavy (non-hydrogen) atoms. The lowest BCUT2D eigenvalue weighted by molar-refractivity contribution is -0.384. The highest BCUT2D eigenvalue weighted by Gasteiger charge is 2.18. The van der Waals surface area contributed by atoms with Crippen molar-refractivity contribution >= 4 is 23.2 Å². The molecule has 1 aromatic heterocycles. The molecule has 1 aromatic carbocycles. The second-order valence-corrected chi connectivity index (χ2v) is 4.22. The molecule has 2 rings (SSSR count). The number of nitrogens with zero attached hydrogens (tertiary/aromatic N) is 2. The van der Waals surface area contributed by atoms with Crippen LogP contribution in [-0.2, 0) is 0 Å². The number of hydrogen-bond donors (Lipinski definition) is 2. The molecule has 2 N–H and O–H groups in total. The number of hydrogen-bond acceptors (Lipinski definition) is 5. The van der Waals surface area contributed by atoms with Gasteiger partial charge in [-0.25, -0.2) is 14.2 Å². The van der Waals surface area contributed by atoms with Gasteiger partial charge in [-0.2, -0.15) is 0 Å². The van der Waals surface area contributed by atoms with E-state index in [-0.39, 0.29) is 17.2 Å². The van der Waals surface area contributed by atoms with E-state index in [9.17, 15) is 19.3 Å². The molecular formula is C13H10FN3O4. The van der Waals surface area contributed by atoms with Crippen molar-refractivity contribution in [2.45, 2.75) is 6.92 Å². The molecule has 0 amide bonds. The third-order valence-electron chi connectivity index (χ3n) is 2.72. The SMILES string of the molecule is Cc1ccc(Nc2nc(C(=O)O)ccc2[N+](=O)[O-])cc1F. The highest BCUT2D eigenvalue weighted by Crippen LogP contribution is 2.26. The molecule has 0 aliphatic carbocycles. The van der Waals surface area contributed by atoms with Crippen molar-refractivity contribution < 1.29 is 19.2 Å². The molecule has 0 radical (unpaired) electrons. The first-order valence-electron chi connectivity index (χ1n) is 5.80. The summed E-state index contributed by atoms with van der Waals surface area (Å²) in [6.45, 7) is 1.57. The van der Waals surface area contributed by atoms with Crippen LogP contribution >= 0.6 is 0 Å². The van der Waals surface area contributed by atoms with Crippen LogP contribution in [0.1, 0.15) is 16.1 Å². The number of nitro groups is 1. The number of nitrogens with one attached hydrogen (secondary N) is 1. The van der Waals surface area contributed by atoms with Crippen LogP contribution in [0.15, 0.2) is 30.3 Å². The Bertz CT molecular complexity index is 733. The summed E-state index contributed by atoms with van der Waals surface area (Å²) in [6, 6.07) is 6.21. The Balaban J connectivity index is 2.45. The van der Waals surface area contributed by atoms with E-state index in [0.717, 1.165) is 18.2 Å². The van der Waals surface area contributed by atoms with E-state index in [1.165, 1.54) is 12.1 Å². The minimum atomic E-state index is -1.32. The maximum atomic E-state index is 13.5. The van der Waals surface area contributed by atoms with Crippen molar-refractivity contribution in [2.75, 3.05) is 5.32 Å². The fraction of sp³-hybridized carbons (Fsp3) is 0.0769. The number of anilines is 2. The average molecular weight is 291 g/mol. The van der Waals surface area contributed by atoms with Gasteiger partial charge >= 0.3 is 11.7 Å².